The van der Waals surface area contributed by atoms with Gasteiger partial charge in [0.05, 0.1) is 25.0 Å². The fourth-order valence-corrected chi connectivity index (χ4v) is 3.85. The number of anilines is 3. The lowest BCUT2D eigenvalue weighted by Crippen LogP contribution is -2.61. The van der Waals surface area contributed by atoms with Crippen LogP contribution in [0.5, 0.6) is 0 Å². The Balaban J connectivity index is 1.38. The maximum atomic E-state index is 14.8. The molecule has 186 valence electrons. The van der Waals surface area contributed by atoms with Crippen molar-refractivity contribution in [1.29, 1.82) is 0 Å². The van der Waals surface area contributed by atoms with Crippen LogP contribution in [0.2, 0.25) is 0 Å². The summed E-state index contributed by atoms with van der Waals surface area (Å²) in [4.78, 5) is 31.0. The molecule has 0 saturated carbocycles. The highest BCUT2D eigenvalue weighted by Gasteiger charge is 2.49. The second kappa shape index (κ2) is 8.66. The van der Waals surface area contributed by atoms with Crippen molar-refractivity contribution < 1.29 is 32.7 Å². The molecule has 0 radical (unpaired) electrons. The molecule has 2 atom stereocenters. The molecule has 3 aromatic heterocycles. The van der Waals surface area contributed by atoms with E-state index in [9.17, 15) is 23.5 Å². The summed E-state index contributed by atoms with van der Waals surface area (Å²) in [5.41, 5.74) is 3.53. The van der Waals surface area contributed by atoms with Gasteiger partial charge in [-0.1, -0.05) is 5.16 Å². The zero-order valence-electron chi connectivity index (χ0n) is 18.7. The van der Waals surface area contributed by atoms with Crippen molar-refractivity contribution >= 4 is 40.1 Å². The average Bonchev–Trinajstić information content (AvgIpc) is 3.42. The predicted octanol–water partition coefficient (Wildman–Crippen LogP) is 1.39. The molecular weight excluding hydrogens is 480 g/mol. The van der Waals surface area contributed by atoms with Gasteiger partial charge < -0.3 is 25.4 Å². The van der Waals surface area contributed by atoms with Crippen LogP contribution in [-0.2, 0) is 14.3 Å². The smallest absolute Gasteiger partial charge is 0.261 e. The number of nitrogens with one attached hydrogen (secondary N) is 1. The van der Waals surface area contributed by atoms with Gasteiger partial charge in [-0.2, -0.15) is 0 Å². The minimum atomic E-state index is -2.42. The van der Waals surface area contributed by atoms with Gasteiger partial charge in [-0.05, 0) is 25.1 Å². The summed E-state index contributed by atoms with van der Waals surface area (Å²) in [5, 5.41) is 20.8. The molecule has 4 heterocycles. The van der Waals surface area contributed by atoms with Gasteiger partial charge in [0.25, 0.3) is 11.8 Å². The number of morpholine rings is 1. The Labute approximate surface area is 201 Å². The van der Waals surface area contributed by atoms with E-state index in [4.69, 9.17) is 15.0 Å². The maximum Gasteiger partial charge on any atom is 0.261 e. The first-order chi connectivity index (χ1) is 17.2. The topological polar surface area (TPSA) is 162 Å². The number of benzene rings is 1. The van der Waals surface area contributed by atoms with Gasteiger partial charge in [0.15, 0.2) is 34.7 Å². The van der Waals surface area contributed by atoms with Gasteiger partial charge in [0.1, 0.15) is 11.2 Å². The highest BCUT2D eigenvalue weighted by molar-refractivity contribution is 6.06. The number of amides is 2. The molecule has 14 heteroatoms. The van der Waals surface area contributed by atoms with Crippen molar-refractivity contribution in [2.75, 3.05) is 29.1 Å². The van der Waals surface area contributed by atoms with Crippen molar-refractivity contribution in [3.63, 3.8) is 0 Å². The highest BCUT2D eigenvalue weighted by atomic mass is 19.1. The first kappa shape index (κ1) is 23.3. The van der Waals surface area contributed by atoms with Crippen molar-refractivity contribution in [2.45, 2.75) is 18.6 Å². The summed E-state index contributed by atoms with van der Waals surface area (Å²) in [6.45, 7) is 0.882. The second-order valence-electron chi connectivity index (χ2n) is 8.19. The van der Waals surface area contributed by atoms with Crippen LogP contribution in [0.25, 0.3) is 16.7 Å². The molecule has 4 N–H and O–H groups in total. The van der Waals surface area contributed by atoms with Crippen LogP contribution in [0.3, 0.4) is 0 Å². The summed E-state index contributed by atoms with van der Waals surface area (Å²) in [6, 6.07) is 5.42. The zero-order chi connectivity index (χ0) is 25.6. The molecule has 1 aromatic carbocycles. The van der Waals surface area contributed by atoms with E-state index in [0.29, 0.717) is 5.69 Å². The Morgan fingerprint density at radius 2 is 2.03 bits per heavy atom. The van der Waals surface area contributed by atoms with Crippen molar-refractivity contribution in [1.82, 2.24) is 19.9 Å². The van der Waals surface area contributed by atoms with Crippen LogP contribution in [0.15, 0.2) is 47.4 Å². The third-order valence-corrected chi connectivity index (χ3v) is 5.71. The molecule has 4 aromatic rings. The fraction of sp³-hybridized carbons (Fsp3) is 0.227. The zero-order valence-corrected chi connectivity index (χ0v) is 18.7. The highest BCUT2D eigenvalue weighted by Crippen LogP contribution is 2.30. The number of aliphatic hydroxyl groups is 1. The molecule has 0 aliphatic carbocycles. The van der Waals surface area contributed by atoms with E-state index in [1.807, 2.05) is 0 Å². The van der Waals surface area contributed by atoms with Crippen molar-refractivity contribution in [3.8, 4) is 5.69 Å². The number of nitrogen functional groups attached to an aromatic ring is 1. The van der Waals surface area contributed by atoms with E-state index in [1.54, 1.807) is 12.1 Å². The summed E-state index contributed by atoms with van der Waals surface area (Å²) < 4.78 is 40.7. The molecule has 1 saturated heterocycles. The Morgan fingerprint density at radius 3 is 2.78 bits per heavy atom. The summed E-state index contributed by atoms with van der Waals surface area (Å²) in [7, 11) is 0. The maximum absolute atomic E-state index is 14.8. The van der Waals surface area contributed by atoms with Crippen molar-refractivity contribution in [2.24, 2.45) is 0 Å². The number of hydrogen-bond acceptors (Lipinski definition) is 9. The van der Waals surface area contributed by atoms with Gasteiger partial charge in [0.2, 0.25) is 0 Å². The van der Waals surface area contributed by atoms with E-state index < -0.39 is 35.2 Å². The summed E-state index contributed by atoms with van der Waals surface area (Å²) in [6.07, 6.45) is 2.39. The van der Waals surface area contributed by atoms with Gasteiger partial charge in [-0.15, -0.1) is 5.10 Å². The number of aromatic nitrogens is 4. The molecule has 5 rings (SSSR count). The lowest BCUT2D eigenvalue weighted by molar-refractivity contribution is -0.165. The van der Waals surface area contributed by atoms with Crippen LogP contribution in [-0.4, -0.2) is 61.7 Å². The Bertz CT molecular complexity index is 1470. The number of halogens is 2. The number of pyridine rings is 1. The van der Waals surface area contributed by atoms with Gasteiger partial charge >= 0.3 is 0 Å². The predicted molar refractivity (Wildman–Crippen MR) is 121 cm³/mol. The Hall–Kier alpha value is -4.43. The summed E-state index contributed by atoms with van der Waals surface area (Å²) in [5.74, 6) is -4.01. The lowest BCUT2D eigenvalue weighted by Gasteiger charge is -2.37. The first-order valence-electron chi connectivity index (χ1n) is 10.6. The minimum Gasteiger partial charge on any atom is -0.380 e. The number of carbonyl (C=O) groups is 2. The van der Waals surface area contributed by atoms with Gasteiger partial charge in [0, 0.05) is 24.1 Å². The minimum absolute atomic E-state index is 0.0288. The number of rotatable bonds is 5. The molecule has 1 unspecified atom stereocenters. The number of fused-ring (bicyclic) bond motifs is 1. The largest absolute Gasteiger partial charge is 0.380 e. The molecule has 1 aliphatic rings. The van der Waals surface area contributed by atoms with Crippen LogP contribution in [0, 0.1) is 11.6 Å². The molecule has 2 amide bonds. The molecular formula is C22H19F2N7O5. The molecule has 0 spiro atoms. The number of nitrogens with zero attached hydrogens (tertiary/aromatic N) is 5. The third kappa shape index (κ3) is 3.91. The number of carbonyl (C=O) groups excluding carboxylic acids is 2. The Kier molecular flexibility index (Phi) is 5.61. The normalized spacial score (nSPS) is 17.8. The molecule has 0 bridgehead atoms. The number of ether oxygens (including phenoxy) is 1. The van der Waals surface area contributed by atoms with Gasteiger partial charge in [-0.25, -0.2) is 13.5 Å². The van der Waals surface area contributed by atoms with E-state index in [2.05, 4.69) is 20.6 Å². The van der Waals surface area contributed by atoms with Gasteiger partial charge in [-0.3, -0.25) is 19.5 Å². The SMILES string of the molecule is CC(O)(C(=O)Nc1cc(F)c2c(N)noc2c1)[C@H]1OCCN(c2nn(-c3ccncc3)cc2F)C1=O. The number of nitrogens with two attached hydrogens (primary N) is 1. The van der Waals surface area contributed by atoms with Crippen LogP contribution in [0.4, 0.5) is 26.1 Å². The van der Waals surface area contributed by atoms with Crippen molar-refractivity contribution in [3.05, 3.63) is 54.5 Å². The van der Waals surface area contributed by atoms with E-state index >= 15 is 0 Å². The monoisotopic (exact) mass is 499 g/mol. The second-order valence-corrected chi connectivity index (χ2v) is 8.19. The molecule has 12 nitrogen and oxygen atoms in total. The van der Waals surface area contributed by atoms with E-state index in [-0.39, 0.29) is 41.4 Å². The van der Waals surface area contributed by atoms with Crippen LogP contribution < -0.4 is 16.0 Å². The molecule has 1 fully saturated rings. The Morgan fingerprint density at radius 1 is 1.28 bits per heavy atom. The van der Waals surface area contributed by atoms with E-state index in [1.165, 1.54) is 23.1 Å². The first-order valence-corrected chi connectivity index (χ1v) is 10.6. The van der Waals surface area contributed by atoms with Crippen LogP contribution >= 0.6 is 0 Å². The third-order valence-electron chi connectivity index (χ3n) is 5.71. The fourth-order valence-electron chi connectivity index (χ4n) is 3.85. The van der Waals surface area contributed by atoms with E-state index in [0.717, 1.165) is 24.1 Å². The van der Waals surface area contributed by atoms with Crippen LogP contribution in [0.1, 0.15) is 6.92 Å². The summed E-state index contributed by atoms with van der Waals surface area (Å²) >= 11 is 0. The lowest BCUT2D eigenvalue weighted by atomic mass is 9.95. The standard InChI is InChI=1S/C22H19F2N7O5/c1-22(34,21(33)27-11-8-13(23)16-15(9-11)36-29-18(16)25)17-20(32)30(6-7-35-17)19-14(24)10-31(28-19)12-2-4-26-5-3-12/h2-5,8-10,17,34H,6-7H2,1H3,(H2,25,29)(H,27,33)/t17-,22?/m0/s1. The molecule has 36 heavy (non-hydrogen) atoms. The quantitative estimate of drug-likeness (QED) is 0.368. The average molecular weight is 499 g/mol. The number of hydrogen-bond donors (Lipinski definition) is 3. The molecule has 1 aliphatic heterocycles.